The third kappa shape index (κ3) is 3.48. The maximum atomic E-state index is 5.86. The standard InChI is InChI=1S/C21H14N4O2S2/c1-26-15-9-7-14(8-10-15)18-24-25-21(27-18)29-20-17-16(13-5-3-2-4-6-13)11-28-19(17)22-12-23-20/h2-12H,1H3. The van der Waals surface area contributed by atoms with Crippen LogP contribution in [0.5, 0.6) is 5.75 Å². The van der Waals surface area contributed by atoms with Crippen molar-refractivity contribution in [2.75, 3.05) is 7.11 Å². The second kappa shape index (κ2) is 7.65. The van der Waals surface area contributed by atoms with Gasteiger partial charge in [-0.05, 0) is 41.6 Å². The highest BCUT2D eigenvalue weighted by molar-refractivity contribution is 7.99. The lowest BCUT2D eigenvalue weighted by Crippen LogP contribution is -1.86. The highest BCUT2D eigenvalue weighted by atomic mass is 32.2. The molecule has 3 aromatic heterocycles. The van der Waals surface area contributed by atoms with Crippen molar-refractivity contribution >= 4 is 33.3 Å². The first-order valence-electron chi connectivity index (χ1n) is 8.75. The van der Waals surface area contributed by atoms with Crippen LogP contribution in [-0.4, -0.2) is 27.3 Å². The fraction of sp³-hybridized carbons (Fsp3) is 0.0476. The Bertz CT molecular complexity index is 1270. The van der Waals surface area contributed by atoms with E-state index in [-0.39, 0.29) is 0 Å². The second-order valence-electron chi connectivity index (χ2n) is 6.08. The van der Waals surface area contributed by atoms with E-state index in [1.54, 1.807) is 24.8 Å². The maximum absolute atomic E-state index is 5.86. The van der Waals surface area contributed by atoms with E-state index in [2.05, 4.69) is 37.7 Å². The van der Waals surface area contributed by atoms with Crippen LogP contribution in [0.1, 0.15) is 0 Å². The predicted molar refractivity (Wildman–Crippen MR) is 113 cm³/mol. The Morgan fingerprint density at radius 3 is 2.55 bits per heavy atom. The molecule has 0 saturated carbocycles. The van der Waals surface area contributed by atoms with Crippen molar-refractivity contribution < 1.29 is 9.15 Å². The summed E-state index contributed by atoms with van der Waals surface area (Å²) in [7, 11) is 1.63. The topological polar surface area (TPSA) is 73.9 Å². The van der Waals surface area contributed by atoms with Gasteiger partial charge in [-0.15, -0.1) is 21.5 Å². The molecule has 0 unspecified atom stereocenters. The van der Waals surface area contributed by atoms with Crippen LogP contribution in [0, 0.1) is 0 Å². The van der Waals surface area contributed by atoms with Crippen LogP contribution in [0.15, 0.2) is 81.0 Å². The van der Waals surface area contributed by atoms with E-state index in [1.165, 1.54) is 11.8 Å². The van der Waals surface area contributed by atoms with Crippen molar-refractivity contribution in [2.45, 2.75) is 10.2 Å². The number of hydrogen-bond acceptors (Lipinski definition) is 8. The molecule has 0 saturated heterocycles. The van der Waals surface area contributed by atoms with Gasteiger partial charge >= 0.3 is 0 Å². The molecule has 0 aliphatic rings. The van der Waals surface area contributed by atoms with Crippen LogP contribution in [0.2, 0.25) is 0 Å². The average Bonchev–Trinajstić information content (AvgIpc) is 3.42. The molecule has 5 rings (SSSR count). The van der Waals surface area contributed by atoms with E-state index in [9.17, 15) is 0 Å². The van der Waals surface area contributed by atoms with E-state index in [0.717, 1.165) is 37.7 Å². The Morgan fingerprint density at radius 2 is 1.76 bits per heavy atom. The van der Waals surface area contributed by atoms with Gasteiger partial charge in [-0.25, -0.2) is 9.97 Å². The van der Waals surface area contributed by atoms with Crippen molar-refractivity contribution in [2.24, 2.45) is 0 Å². The van der Waals surface area contributed by atoms with Crippen molar-refractivity contribution in [3.63, 3.8) is 0 Å². The summed E-state index contributed by atoms with van der Waals surface area (Å²) in [5.41, 5.74) is 3.06. The maximum Gasteiger partial charge on any atom is 0.283 e. The minimum absolute atomic E-state index is 0.432. The third-order valence-corrected chi connectivity index (χ3v) is 6.08. The zero-order chi connectivity index (χ0) is 19.6. The van der Waals surface area contributed by atoms with Gasteiger partial charge < -0.3 is 9.15 Å². The largest absolute Gasteiger partial charge is 0.497 e. The molecule has 0 aliphatic carbocycles. The Hall–Kier alpha value is -3.23. The zero-order valence-electron chi connectivity index (χ0n) is 15.3. The first-order valence-corrected chi connectivity index (χ1v) is 10.4. The van der Waals surface area contributed by atoms with E-state index < -0.39 is 0 Å². The minimum Gasteiger partial charge on any atom is -0.497 e. The monoisotopic (exact) mass is 418 g/mol. The van der Waals surface area contributed by atoms with E-state index in [1.807, 2.05) is 42.5 Å². The molecule has 29 heavy (non-hydrogen) atoms. The number of hydrogen-bond donors (Lipinski definition) is 0. The lowest BCUT2D eigenvalue weighted by atomic mass is 10.1. The molecule has 6 nitrogen and oxygen atoms in total. The highest BCUT2D eigenvalue weighted by Crippen LogP contribution is 2.40. The van der Waals surface area contributed by atoms with Gasteiger partial charge in [0.25, 0.3) is 5.22 Å². The average molecular weight is 419 g/mol. The zero-order valence-corrected chi connectivity index (χ0v) is 16.9. The molecule has 3 heterocycles. The second-order valence-corrected chi connectivity index (χ2v) is 7.88. The predicted octanol–water partition coefficient (Wildman–Crippen LogP) is 5.57. The van der Waals surface area contributed by atoms with Crippen LogP contribution < -0.4 is 4.74 Å². The molecule has 0 spiro atoms. The summed E-state index contributed by atoms with van der Waals surface area (Å²) in [4.78, 5) is 9.82. The van der Waals surface area contributed by atoms with E-state index in [4.69, 9.17) is 9.15 Å². The molecule has 8 heteroatoms. The molecule has 0 atom stereocenters. The molecule has 2 aromatic carbocycles. The van der Waals surface area contributed by atoms with Crippen LogP contribution in [0.25, 0.3) is 32.8 Å². The van der Waals surface area contributed by atoms with E-state index >= 15 is 0 Å². The van der Waals surface area contributed by atoms with Crippen LogP contribution in [0.3, 0.4) is 0 Å². The minimum atomic E-state index is 0.432. The molecule has 0 aliphatic heterocycles. The van der Waals surface area contributed by atoms with Gasteiger partial charge in [0.1, 0.15) is 21.9 Å². The lowest BCUT2D eigenvalue weighted by molar-refractivity contribution is 0.414. The quantitative estimate of drug-likeness (QED) is 0.346. The summed E-state index contributed by atoms with van der Waals surface area (Å²) in [6, 6.07) is 17.7. The molecule has 142 valence electrons. The summed E-state index contributed by atoms with van der Waals surface area (Å²) in [6.45, 7) is 0. The number of aromatic nitrogens is 4. The Balaban J connectivity index is 1.49. The normalized spacial score (nSPS) is 11.1. The van der Waals surface area contributed by atoms with Gasteiger partial charge in [-0.3, -0.25) is 0 Å². The molecule has 0 bridgehead atoms. The van der Waals surface area contributed by atoms with Crippen LogP contribution >= 0.6 is 23.1 Å². The Labute approximate surface area is 174 Å². The van der Waals surface area contributed by atoms with Crippen molar-refractivity contribution in [1.29, 1.82) is 0 Å². The lowest BCUT2D eigenvalue weighted by Gasteiger charge is -2.03. The molecular weight excluding hydrogens is 404 g/mol. The van der Waals surface area contributed by atoms with Gasteiger partial charge in [-0.1, -0.05) is 30.3 Å². The van der Waals surface area contributed by atoms with Gasteiger partial charge in [-0.2, -0.15) is 0 Å². The number of ether oxygens (including phenoxy) is 1. The van der Waals surface area contributed by atoms with Crippen LogP contribution in [-0.2, 0) is 0 Å². The smallest absolute Gasteiger partial charge is 0.283 e. The van der Waals surface area contributed by atoms with Crippen LogP contribution in [0.4, 0.5) is 0 Å². The van der Waals surface area contributed by atoms with Crippen molar-refractivity contribution in [3.05, 3.63) is 66.3 Å². The van der Waals surface area contributed by atoms with Crippen molar-refractivity contribution in [3.8, 4) is 28.3 Å². The summed E-state index contributed by atoms with van der Waals surface area (Å²) in [5, 5.41) is 12.7. The Morgan fingerprint density at radius 1 is 0.931 bits per heavy atom. The number of rotatable bonds is 5. The van der Waals surface area contributed by atoms with Gasteiger partial charge in [0.2, 0.25) is 5.89 Å². The highest BCUT2D eigenvalue weighted by Gasteiger charge is 2.17. The SMILES string of the molecule is COc1ccc(-c2nnc(Sc3ncnc4scc(-c5ccccc5)c34)o2)cc1. The van der Waals surface area contributed by atoms with E-state index in [0.29, 0.717) is 11.1 Å². The number of thiophene rings is 1. The first-order chi connectivity index (χ1) is 14.3. The number of fused-ring (bicyclic) bond motifs is 1. The van der Waals surface area contributed by atoms with Gasteiger partial charge in [0, 0.05) is 16.5 Å². The summed E-state index contributed by atoms with van der Waals surface area (Å²) in [5.74, 6) is 1.23. The van der Waals surface area contributed by atoms with Crippen molar-refractivity contribution in [1.82, 2.24) is 20.2 Å². The summed E-state index contributed by atoms with van der Waals surface area (Å²) < 4.78 is 11.0. The molecule has 0 N–H and O–H groups in total. The van der Waals surface area contributed by atoms with Gasteiger partial charge in [0.15, 0.2) is 0 Å². The molecular formula is C21H14N4O2S2. The number of nitrogens with zero attached hydrogens (tertiary/aromatic N) is 4. The molecule has 0 radical (unpaired) electrons. The summed E-state index contributed by atoms with van der Waals surface area (Å²) in [6.07, 6.45) is 1.57. The number of methoxy groups -OCH3 is 1. The molecule has 5 aromatic rings. The first kappa shape index (κ1) is 17.8. The number of benzene rings is 2. The fourth-order valence-electron chi connectivity index (χ4n) is 2.94. The summed E-state index contributed by atoms with van der Waals surface area (Å²) >= 11 is 2.94. The fourth-order valence-corrected chi connectivity index (χ4v) is 4.70. The molecule has 0 fully saturated rings. The Kier molecular flexibility index (Phi) is 4.71. The van der Waals surface area contributed by atoms with Gasteiger partial charge in [0.05, 0.1) is 12.5 Å². The third-order valence-electron chi connectivity index (χ3n) is 4.35. The molecule has 0 amide bonds.